The SMILES string of the molecule is O=CN=Cc1ccccc1C(=O)O. The Bertz CT molecular complexity index is 358. The zero-order chi connectivity index (χ0) is 9.68. The first-order chi connectivity index (χ1) is 6.25. The predicted octanol–water partition coefficient (Wildman–Crippen LogP) is 0.960. The Hall–Kier alpha value is -1.97. The van der Waals surface area contributed by atoms with Crippen molar-refractivity contribution in [2.75, 3.05) is 0 Å². The van der Waals surface area contributed by atoms with E-state index in [-0.39, 0.29) is 5.56 Å². The van der Waals surface area contributed by atoms with Crippen molar-refractivity contribution in [1.29, 1.82) is 0 Å². The Morgan fingerprint density at radius 3 is 2.69 bits per heavy atom. The lowest BCUT2D eigenvalue weighted by atomic mass is 10.1. The van der Waals surface area contributed by atoms with Gasteiger partial charge >= 0.3 is 5.97 Å². The van der Waals surface area contributed by atoms with Crippen LogP contribution in [0.15, 0.2) is 29.3 Å². The third-order valence-electron chi connectivity index (χ3n) is 1.47. The highest BCUT2D eigenvalue weighted by atomic mass is 16.4. The number of carbonyl (C=O) groups is 2. The number of hydrogen-bond donors (Lipinski definition) is 1. The Morgan fingerprint density at radius 1 is 1.38 bits per heavy atom. The van der Waals surface area contributed by atoms with Gasteiger partial charge in [-0.3, -0.25) is 4.79 Å². The van der Waals surface area contributed by atoms with E-state index in [1.165, 1.54) is 12.3 Å². The molecule has 0 atom stereocenters. The molecule has 0 radical (unpaired) electrons. The van der Waals surface area contributed by atoms with Crippen LogP contribution in [0.4, 0.5) is 0 Å². The third kappa shape index (κ3) is 2.23. The topological polar surface area (TPSA) is 66.7 Å². The first kappa shape index (κ1) is 9.12. The van der Waals surface area contributed by atoms with Crippen LogP contribution in [0.25, 0.3) is 0 Å². The fourth-order valence-corrected chi connectivity index (χ4v) is 0.915. The van der Waals surface area contributed by atoms with E-state index in [4.69, 9.17) is 5.11 Å². The van der Waals surface area contributed by atoms with E-state index in [0.717, 1.165) is 0 Å². The van der Waals surface area contributed by atoms with Gasteiger partial charge in [-0.1, -0.05) is 18.2 Å². The number of aliphatic imine (C=N–C) groups is 1. The number of aromatic carboxylic acids is 1. The maximum Gasteiger partial charge on any atom is 0.336 e. The number of carboxylic acid groups (broad SMARTS) is 1. The van der Waals surface area contributed by atoms with Crippen LogP contribution in [0.2, 0.25) is 0 Å². The molecule has 1 N–H and O–H groups in total. The van der Waals surface area contributed by atoms with Crippen molar-refractivity contribution in [3.63, 3.8) is 0 Å². The fourth-order valence-electron chi connectivity index (χ4n) is 0.915. The monoisotopic (exact) mass is 177 g/mol. The predicted molar refractivity (Wildman–Crippen MR) is 47.1 cm³/mol. The quantitative estimate of drug-likeness (QED) is 0.552. The molecule has 0 fully saturated rings. The van der Waals surface area contributed by atoms with E-state index in [1.807, 2.05) is 0 Å². The lowest BCUT2D eigenvalue weighted by Crippen LogP contribution is -2.01. The molecule has 1 rings (SSSR count). The van der Waals surface area contributed by atoms with Gasteiger partial charge in [-0.2, -0.15) is 0 Å². The number of amides is 1. The second-order valence-corrected chi connectivity index (χ2v) is 2.28. The summed E-state index contributed by atoms with van der Waals surface area (Å²) >= 11 is 0. The van der Waals surface area contributed by atoms with Gasteiger partial charge in [0.1, 0.15) is 0 Å². The highest BCUT2D eigenvalue weighted by Crippen LogP contribution is 2.05. The van der Waals surface area contributed by atoms with Crippen LogP contribution >= 0.6 is 0 Å². The molecule has 4 nitrogen and oxygen atoms in total. The van der Waals surface area contributed by atoms with Crippen LogP contribution in [-0.4, -0.2) is 23.7 Å². The summed E-state index contributed by atoms with van der Waals surface area (Å²) in [5, 5.41) is 8.71. The normalized spacial score (nSPS) is 10.2. The number of benzene rings is 1. The van der Waals surface area contributed by atoms with Gasteiger partial charge in [-0.05, 0) is 6.07 Å². The molecular formula is C9H7NO3. The van der Waals surface area contributed by atoms with E-state index in [9.17, 15) is 9.59 Å². The van der Waals surface area contributed by atoms with Gasteiger partial charge in [-0.15, -0.1) is 0 Å². The number of carboxylic acids is 1. The molecule has 0 saturated heterocycles. The van der Waals surface area contributed by atoms with Crippen molar-refractivity contribution in [1.82, 2.24) is 0 Å². The minimum Gasteiger partial charge on any atom is -0.478 e. The summed E-state index contributed by atoms with van der Waals surface area (Å²) in [6, 6.07) is 6.32. The van der Waals surface area contributed by atoms with Gasteiger partial charge in [0.15, 0.2) is 0 Å². The Morgan fingerprint density at radius 2 is 2.08 bits per heavy atom. The fraction of sp³-hybridized carbons (Fsp3) is 0. The molecular weight excluding hydrogens is 170 g/mol. The second-order valence-electron chi connectivity index (χ2n) is 2.28. The molecule has 0 aliphatic rings. The molecule has 1 amide bonds. The molecule has 4 heteroatoms. The van der Waals surface area contributed by atoms with Gasteiger partial charge in [0, 0.05) is 11.8 Å². The molecule has 0 aromatic heterocycles. The lowest BCUT2D eigenvalue weighted by Gasteiger charge is -1.97. The van der Waals surface area contributed by atoms with E-state index in [2.05, 4.69) is 4.99 Å². The number of rotatable bonds is 3. The molecule has 0 bridgehead atoms. The summed E-state index contributed by atoms with van der Waals surface area (Å²) in [6.07, 6.45) is 1.58. The molecule has 0 spiro atoms. The molecule has 1 aromatic carbocycles. The standard InChI is InChI=1S/C9H7NO3/c11-6-10-5-7-3-1-2-4-8(7)9(12)13/h1-6H,(H,12,13). The third-order valence-corrected chi connectivity index (χ3v) is 1.47. The van der Waals surface area contributed by atoms with Crippen LogP contribution in [0, 0.1) is 0 Å². The van der Waals surface area contributed by atoms with Crippen molar-refractivity contribution in [3.05, 3.63) is 35.4 Å². The Labute approximate surface area is 74.5 Å². The minimum absolute atomic E-state index is 0.133. The van der Waals surface area contributed by atoms with Crippen molar-refractivity contribution in [2.45, 2.75) is 0 Å². The summed E-state index contributed by atoms with van der Waals surface area (Å²) in [6.45, 7) is 0. The van der Waals surface area contributed by atoms with Crippen LogP contribution in [0.1, 0.15) is 15.9 Å². The Kier molecular flexibility index (Phi) is 2.92. The zero-order valence-corrected chi connectivity index (χ0v) is 6.68. The van der Waals surface area contributed by atoms with Crippen molar-refractivity contribution >= 4 is 18.6 Å². The van der Waals surface area contributed by atoms with Gasteiger partial charge in [0.25, 0.3) is 0 Å². The number of carbonyl (C=O) groups excluding carboxylic acids is 1. The molecule has 0 saturated carbocycles. The first-order valence-corrected chi connectivity index (χ1v) is 3.55. The first-order valence-electron chi connectivity index (χ1n) is 3.55. The summed E-state index contributed by atoms with van der Waals surface area (Å²) in [4.78, 5) is 23.9. The van der Waals surface area contributed by atoms with Crippen LogP contribution in [0.5, 0.6) is 0 Å². The summed E-state index contributed by atoms with van der Waals surface area (Å²) < 4.78 is 0. The lowest BCUT2D eigenvalue weighted by molar-refractivity contribution is -0.106. The van der Waals surface area contributed by atoms with Crippen molar-refractivity contribution in [2.24, 2.45) is 4.99 Å². The average molecular weight is 177 g/mol. The molecule has 0 aliphatic carbocycles. The maximum absolute atomic E-state index is 10.6. The summed E-state index contributed by atoms with van der Waals surface area (Å²) in [5.74, 6) is -1.03. The second kappa shape index (κ2) is 4.15. The summed E-state index contributed by atoms with van der Waals surface area (Å²) in [7, 11) is 0. The molecule has 0 heterocycles. The van der Waals surface area contributed by atoms with Crippen LogP contribution in [0.3, 0.4) is 0 Å². The van der Waals surface area contributed by atoms with Crippen LogP contribution < -0.4 is 0 Å². The van der Waals surface area contributed by atoms with E-state index in [0.29, 0.717) is 12.0 Å². The van der Waals surface area contributed by atoms with Crippen molar-refractivity contribution < 1.29 is 14.7 Å². The van der Waals surface area contributed by atoms with Gasteiger partial charge in [0.05, 0.1) is 5.56 Å². The van der Waals surface area contributed by atoms with E-state index >= 15 is 0 Å². The highest BCUT2D eigenvalue weighted by Gasteiger charge is 2.05. The van der Waals surface area contributed by atoms with E-state index < -0.39 is 5.97 Å². The molecule has 13 heavy (non-hydrogen) atoms. The number of hydrogen-bond acceptors (Lipinski definition) is 2. The summed E-state index contributed by atoms with van der Waals surface area (Å²) in [5.41, 5.74) is 0.551. The largest absolute Gasteiger partial charge is 0.478 e. The Balaban J connectivity index is 3.11. The van der Waals surface area contributed by atoms with Crippen LogP contribution in [-0.2, 0) is 4.79 Å². The molecule has 0 aliphatic heterocycles. The van der Waals surface area contributed by atoms with Crippen molar-refractivity contribution in [3.8, 4) is 0 Å². The zero-order valence-electron chi connectivity index (χ0n) is 6.68. The minimum atomic E-state index is -1.03. The smallest absolute Gasteiger partial charge is 0.336 e. The van der Waals surface area contributed by atoms with E-state index in [1.54, 1.807) is 18.2 Å². The maximum atomic E-state index is 10.6. The molecule has 0 unspecified atom stereocenters. The average Bonchev–Trinajstić information content (AvgIpc) is 2.15. The molecule has 66 valence electrons. The van der Waals surface area contributed by atoms with Gasteiger partial charge in [0.2, 0.25) is 6.41 Å². The van der Waals surface area contributed by atoms with Gasteiger partial charge in [-0.25, -0.2) is 9.79 Å². The highest BCUT2D eigenvalue weighted by molar-refractivity contribution is 5.99. The molecule has 1 aromatic rings. The van der Waals surface area contributed by atoms with Gasteiger partial charge < -0.3 is 5.11 Å². The number of nitrogens with zero attached hydrogens (tertiary/aromatic N) is 1.